The van der Waals surface area contributed by atoms with Gasteiger partial charge in [-0.15, -0.1) is 0 Å². The van der Waals surface area contributed by atoms with Crippen molar-refractivity contribution in [1.29, 1.82) is 0 Å². The second-order valence-corrected chi connectivity index (χ2v) is 7.23. The summed E-state index contributed by atoms with van der Waals surface area (Å²) in [6.45, 7) is 0. The van der Waals surface area contributed by atoms with Crippen molar-refractivity contribution in [2.24, 2.45) is 5.84 Å². The third-order valence-electron chi connectivity index (χ3n) is 3.11. The monoisotopic (exact) mass is 303 g/mol. The van der Waals surface area contributed by atoms with E-state index < -0.39 is 10.0 Å². The summed E-state index contributed by atoms with van der Waals surface area (Å²) in [5.74, 6) is 5.31. The zero-order valence-electron chi connectivity index (χ0n) is 10.5. The fourth-order valence-corrected chi connectivity index (χ4v) is 4.05. The van der Waals surface area contributed by atoms with Crippen molar-refractivity contribution in [1.82, 2.24) is 14.7 Å². The number of nitrogens with zero attached hydrogens (tertiary/aromatic N) is 2. The van der Waals surface area contributed by atoms with Crippen molar-refractivity contribution >= 4 is 27.7 Å². The highest BCUT2D eigenvalue weighted by atomic mass is 32.2. The lowest BCUT2D eigenvalue weighted by molar-refractivity contribution is 0.552. The lowest BCUT2D eigenvalue weighted by Gasteiger charge is -2.13. The van der Waals surface area contributed by atoms with Gasteiger partial charge in [0, 0.05) is 11.3 Å². The molecule has 1 aliphatic carbocycles. The highest BCUT2D eigenvalue weighted by Gasteiger charge is 2.28. The molecule has 1 aliphatic rings. The van der Waals surface area contributed by atoms with Gasteiger partial charge in [0.2, 0.25) is 16.0 Å². The lowest BCUT2D eigenvalue weighted by atomic mass is 10.3. The maximum atomic E-state index is 12.1. The molecule has 2 unspecified atom stereocenters. The van der Waals surface area contributed by atoms with Gasteiger partial charge >= 0.3 is 0 Å². The van der Waals surface area contributed by atoms with Crippen LogP contribution in [0.2, 0.25) is 0 Å². The highest BCUT2D eigenvalue weighted by molar-refractivity contribution is 7.99. The van der Waals surface area contributed by atoms with E-state index in [9.17, 15) is 8.42 Å². The predicted octanol–water partition coefficient (Wildman–Crippen LogP) is 0.325. The van der Waals surface area contributed by atoms with Gasteiger partial charge in [-0.05, 0) is 25.5 Å². The Morgan fingerprint density at radius 2 is 2.05 bits per heavy atom. The number of nitrogen functional groups attached to an aromatic ring is 1. The summed E-state index contributed by atoms with van der Waals surface area (Å²) in [7, 11) is -3.55. The molecule has 7 nitrogen and oxygen atoms in total. The number of hydrogen-bond acceptors (Lipinski definition) is 7. The van der Waals surface area contributed by atoms with Crippen molar-refractivity contribution in [2.45, 2.75) is 35.4 Å². The fourth-order valence-electron chi connectivity index (χ4n) is 2.08. The summed E-state index contributed by atoms with van der Waals surface area (Å²) in [5, 5.41) is 0.535. The lowest BCUT2D eigenvalue weighted by Crippen LogP contribution is -2.33. The summed E-state index contributed by atoms with van der Waals surface area (Å²) >= 11 is 1.78. The van der Waals surface area contributed by atoms with Crippen LogP contribution in [-0.4, -0.2) is 35.9 Å². The van der Waals surface area contributed by atoms with Crippen molar-refractivity contribution in [3.05, 3.63) is 12.4 Å². The van der Waals surface area contributed by atoms with Crippen molar-refractivity contribution in [2.75, 3.05) is 11.7 Å². The summed E-state index contributed by atoms with van der Waals surface area (Å²) in [4.78, 5) is 7.65. The van der Waals surface area contributed by atoms with Crippen LogP contribution in [0.15, 0.2) is 17.3 Å². The summed E-state index contributed by atoms with van der Waals surface area (Å²) in [6.07, 6.45) is 7.31. The highest BCUT2D eigenvalue weighted by Crippen LogP contribution is 2.29. The molecule has 0 aromatic carbocycles. The van der Waals surface area contributed by atoms with Crippen LogP contribution in [0.3, 0.4) is 0 Å². The molecular formula is C10H17N5O2S2. The predicted molar refractivity (Wildman–Crippen MR) is 75.1 cm³/mol. The van der Waals surface area contributed by atoms with Crippen LogP contribution in [0.25, 0.3) is 0 Å². The molecule has 0 spiro atoms. The topological polar surface area (TPSA) is 110 Å². The third-order valence-corrected chi connectivity index (χ3v) is 5.68. The summed E-state index contributed by atoms with van der Waals surface area (Å²) in [6, 6.07) is -0.00485. The van der Waals surface area contributed by atoms with Gasteiger partial charge < -0.3 is 0 Å². The number of anilines is 1. The summed E-state index contributed by atoms with van der Waals surface area (Å²) < 4.78 is 27.0. The van der Waals surface area contributed by atoms with Crippen LogP contribution in [0.5, 0.6) is 0 Å². The van der Waals surface area contributed by atoms with Gasteiger partial charge in [-0.25, -0.2) is 29.0 Å². The fraction of sp³-hybridized carbons (Fsp3) is 0.600. The molecule has 1 aromatic rings. The maximum absolute atomic E-state index is 12.1. The standard InChI is InChI=1S/C10H17N5O2S2/c1-18-8-3-2-7(4-8)15-19(16,17)9-5-12-10(14-11)13-6-9/h5-8,15H,2-4,11H2,1H3,(H,12,13,14). The molecular weight excluding hydrogens is 286 g/mol. The number of hydrazine groups is 1. The SMILES string of the molecule is CSC1CCC(NS(=O)(=O)c2cnc(NN)nc2)C1. The molecule has 4 N–H and O–H groups in total. The molecule has 1 saturated carbocycles. The summed E-state index contributed by atoms with van der Waals surface area (Å²) in [5.41, 5.74) is 2.25. The molecule has 1 aromatic heterocycles. The van der Waals surface area contributed by atoms with Crippen LogP contribution < -0.4 is 16.0 Å². The molecule has 0 saturated heterocycles. The number of sulfonamides is 1. The molecule has 0 bridgehead atoms. The third kappa shape index (κ3) is 3.56. The van der Waals surface area contributed by atoms with Gasteiger partial charge in [-0.1, -0.05) is 0 Å². The van der Waals surface area contributed by atoms with Gasteiger partial charge in [-0.3, -0.25) is 5.43 Å². The molecule has 0 amide bonds. The van der Waals surface area contributed by atoms with Gasteiger partial charge in [0.15, 0.2) is 0 Å². The minimum absolute atomic E-state index is 0.00485. The van der Waals surface area contributed by atoms with E-state index in [0.717, 1.165) is 19.3 Å². The number of rotatable bonds is 5. The van der Waals surface area contributed by atoms with Crippen LogP contribution in [0, 0.1) is 0 Å². The quantitative estimate of drug-likeness (QED) is 0.531. The van der Waals surface area contributed by atoms with Gasteiger partial charge in [-0.2, -0.15) is 11.8 Å². The van der Waals surface area contributed by atoms with Crippen molar-refractivity contribution in [3.63, 3.8) is 0 Å². The Hall–Kier alpha value is -0.900. The minimum Gasteiger partial charge on any atom is -0.292 e. The molecule has 19 heavy (non-hydrogen) atoms. The number of nitrogens with two attached hydrogens (primary N) is 1. The van der Waals surface area contributed by atoms with Crippen LogP contribution in [0.1, 0.15) is 19.3 Å². The van der Waals surface area contributed by atoms with Crippen LogP contribution in [0.4, 0.5) is 5.95 Å². The van der Waals surface area contributed by atoms with E-state index in [-0.39, 0.29) is 16.9 Å². The second kappa shape index (κ2) is 6.04. The smallest absolute Gasteiger partial charge is 0.243 e. The van der Waals surface area contributed by atoms with E-state index in [1.54, 1.807) is 11.8 Å². The zero-order chi connectivity index (χ0) is 13.9. The Kier molecular flexibility index (Phi) is 4.61. The van der Waals surface area contributed by atoms with Crippen molar-refractivity contribution < 1.29 is 8.42 Å². The molecule has 9 heteroatoms. The molecule has 1 fully saturated rings. The Labute approximate surface area is 116 Å². The Balaban J connectivity index is 2.05. The van der Waals surface area contributed by atoms with E-state index in [2.05, 4.69) is 20.1 Å². The Bertz CT molecular complexity index is 519. The van der Waals surface area contributed by atoms with Crippen LogP contribution in [-0.2, 0) is 10.0 Å². The first-order valence-corrected chi connectivity index (χ1v) is 8.66. The average molecular weight is 303 g/mol. The molecule has 1 heterocycles. The zero-order valence-corrected chi connectivity index (χ0v) is 12.2. The molecule has 0 aliphatic heterocycles. The van der Waals surface area contributed by atoms with Crippen molar-refractivity contribution in [3.8, 4) is 0 Å². The molecule has 106 valence electrons. The molecule has 0 radical (unpaired) electrons. The van der Waals surface area contributed by atoms with Gasteiger partial charge in [0.05, 0.1) is 12.4 Å². The molecule has 2 rings (SSSR count). The van der Waals surface area contributed by atoms with E-state index >= 15 is 0 Å². The van der Waals surface area contributed by atoms with E-state index in [1.165, 1.54) is 12.4 Å². The number of hydrogen-bond donors (Lipinski definition) is 3. The largest absolute Gasteiger partial charge is 0.292 e. The number of nitrogens with one attached hydrogen (secondary N) is 2. The first-order valence-electron chi connectivity index (χ1n) is 5.89. The minimum atomic E-state index is -3.55. The normalized spacial score (nSPS) is 23.5. The second-order valence-electron chi connectivity index (χ2n) is 4.38. The van der Waals surface area contributed by atoms with E-state index in [1.807, 2.05) is 6.26 Å². The van der Waals surface area contributed by atoms with E-state index in [4.69, 9.17) is 5.84 Å². The first-order chi connectivity index (χ1) is 9.05. The number of thioether (sulfide) groups is 1. The van der Waals surface area contributed by atoms with Gasteiger partial charge in [0.1, 0.15) is 4.90 Å². The Morgan fingerprint density at radius 1 is 1.37 bits per heavy atom. The van der Waals surface area contributed by atoms with Crippen LogP contribution >= 0.6 is 11.8 Å². The first kappa shape index (κ1) is 14.5. The maximum Gasteiger partial charge on any atom is 0.243 e. The van der Waals surface area contributed by atoms with E-state index in [0.29, 0.717) is 5.25 Å². The van der Waals surface area contributed by atoms with Gasteiger partial charge in [0.25, 0.3) is 0 Å². The molecule has 2 atom stereocenters. The number of aromatic nitrogens is 2. The average Bonchev–Trinajstić information content (AvgIpc) is 2.85. The Morgan fingerprint density at radius 3 is 2.58 bits per heavy atom.